The molecular formula is C16H24N4O4S. The van der Waals surface area contributed by atoms with Gasteiger partial charge in [0, 0.05) is 32.3 Å². The van der Waals surface area contributed by atoms with Gasteiger partial charge in [0.2, 0.25) is 11.8 Å². The molecule has 0 aliphatic carbocycles. The summed E-state index contributed by atoms with van der Waals surface area (Å²) in [6, 6.07) is -0.491. The van der Waals surface area contributed by atoms with E-state index in [1.54, 1.807) is 16.7 Å². The minimum absolute atomic E-state index is 0.0681. The van der Waals surface area contributed by atoms with Crippen molar-refractivity contribution in [3.05, 3.63) is 12.4 Å². The van der Waals surface area contributed by atoms with Crippen molar-refractivity contribution in [2.75, 3.05) is 32.2 Å². The molecule has 2 amide bonds. The molecule has 2 rings (SSSR count). The molecule has 2 heterocycles. The first-order chi connectivity index (χ1) is 12.0. The zero-order valence-corrected chi connectivity index (χ0v) is 15.5. The van der Waals surface area contributed by atoms with Gasteiger partial charge in [0.1, 0.15) is 12.1 Å². The normalized spacial score (nSPS) is 17.9. The lowest BCUT2D eigenvalue weighted by atomic mass is 10.2. The van der Waals surface area contributed by atoms with Crippen molar-refractivity contribution >= 4 is 23.6 Å². The fourth-order valence-corrected chi connectivity index (χ4v) is 3.15. The third-order valence-electron chi connectivity index (χ3n) is 3.85. The van der Waals surface area contributed by atoms with Crippen LogP contribution >= 0.6 is 11.8 Å². The van der Waals surface area contributed by atoms with Crippen LogP contribution in [0.1, 0.15) is 19.8 Å². The number of thioether (sulfide) groups is 1. The molecule has 1 N–H and O–H groups in total. The van der Waals surface area contributed by atoms with Gasteiger partial charge in [-0.25, -0.2) is 9.97 Å². The van der Waals surface area contributed by atoms with Crippen LogP contribution in [0, 0.1) is 0 Å². The van der Waals surface area contributed by atoms with E-state index >= 15 is 0 Å². The molecule has 8 nitrogen and oxygen atoms in total. The van der Waals surface area contributed by atoms with E-state index in [0.29, 0.717) is 37.7 Å². The summed E-state index contributed by atoms with van der Waals surface area (Å²) < 4.78 is 11.0. The van der Waals surface area contributed by atoms with E-state index in [1.807, 2.05) is 6.26 Å². The van der Waals surface area contributed by atoms with E-state index in [-0.39, 0.29) is 17.9 Å². The molecule has 1 saturated heterocycles. The van der Waals surface area contributed by atoms with Gasteiger partial charge in [-0.15, -0.1) is 0 Å². The number of nitrogens with zero attached hydrogens (tertiary/aromatic N) is 3. The van der Waals surface area contributed by atoms with Crippen molar-refractivity contribution in [3.63, 3.8) is 0 Å². The second kappa shape index (κ2) is 9.45. The molecule has 2 unspecified atom stereocenters. The Balaban J connectivity index is 1.95. The van der Waals surface area contributed by atoms with E-state index in [9.17, 15) is 9.59 Å². The fraction of sp³-hybridized carbons (Fsp3) is 0.625. The average molecular weight is 368 g/mol. The predicted molar refractivity (Wildman–Crippen MR) is 94.8 cm³/mol. The van der Waals surface area contributed by atoms with Crippen molar-refractivity contribution < 1.29 is 19.1 Å². The molecule has 25 heavy (non-hydrogen) atoms. The predicted octanol–water partition coefficient (Wildman–Crippen LogP) is 0.723. The molecule has 2 atom stereocenters. The minimum atomic E-state index is -0.491. The van der Waals surface area contributed by atoms with Gasteiger partial charge in [-0.1, -0.05) is 0 Å². The minimum Gasteiger partial charge on any atom is -0.477 e. The number of nitrogens with one attached hydrogen (secondary N) is 1. The summed E-state index contributed by atoms with van der Waals surface area (Å²) in [6.45, 7) is 2.46. The number of carbonyl (C=O) groups is 2. The molecule has 138 valence electrons. The molecule has 0 saturated carbocycles. The Bertz CT molecular complexity index is 601. The Morgan fingerprint density at radius 3 is 2.76 bits per heavy atom. The Kier molecular flexibility index (Phi) is 7.30. The molecule has 1 aliphatic rings. The first-order valence-corrected chi connectivity index (χ1v) is 9.51. The van der Waals surface area contributed by atoms with Crippen molar-refractivity contribution in [1.82, 2.24) is 20.2 Å². The monoisotopic (exact) mass is 368 g/mol. The Morgan fingerprint density at radius 2 is 2.12 bits per heavy atom. The number of rotatable bonds is 8. The van der Waals surface area contributed by atoms with Gasteiger partial charge < -0.3 is 19.7 Å². The molecule has 1 fully saturated rings. The Morgan fingerprint density at radius 1 is 1.40 bits per heavy atom. The third-order valence-corrected chi connectivity index (χ3v) is 4.49. The van der Waals surface area contributed by atoms with Crippen LogP contribution in [0.15, 0.2) is 12.4 Å². The smallest absolute Gasteiger partial charge is 0.278 e. The van der Waals surface area contributed by atoms with Crippen LogP contribution < -0.4 is 14.8 Å². The summed E-state index contributed by atoms with van der Waals surface area (Å²) in [5.74, 6) is 1.19. The Labute approximate surface area is 151 Å². The van der Waals surface area contributed by atoms with Crippen LogP contribution in [0.2, 0.25) is 0 Å². The topological polar surface area (TPSA) is 93.7 Å². The van der Waals surface area contributed by atoms with Gasteiger partial charge in [0.05, 0.1) is 13.7 Å². The molecule has 0 bridgehead atoms. The van der Waals surface area contributed by atoms with E-state index < -0.39 is 6.04 Å². The van der Waals surface area contributed by atoms with Gasteiger partial charge >= 0.3 is 0 Å². The summed E-state index contributed by atoms with van der Waals surface area (Å²) in [5, 5.41) is 2.75. The van der Waals surface area contributed by atoms with E-state index in [4.69, 9.17) is 9.47 Å². The van der Waals surface area contributed by atoms with Gasteiger partial charge in [-0.2, -0.15) is 11.8 Å². The molecule has 0 aromatic carbocycles. The molecule has 0 spiro atoms. The van der Waals surface area contributed by atoms with E-state index in [0.717, 1.165) is 5.75 Å². The quantitative estimate of drug-likeness (QED) is 0.723. The Hall–Kier alpha value is -2.03. The van der Waals surface area contributed by atoms with Gasteiger partial charge in [0.15, 0.2) is 0 Å². The number of aromatic nitrogens is 2. The van der Waals surface area contributed by atoms with E-state index in [2.05, 4.69) is 15.3 Å². The summed E-state index contributed by atoms with van der Waals surface area (Å²) in [6.07, 6.45) is 6.17. The number of methoxy groups -OCH3 is 1. The summed E-state index contributed by atoms with van der Waals surface area (Å²) in [4.78, 5) is 34.0. The van der Waals surface area contributed by atoms with Crippen molar-refractivity contribution in [2.45, 2.75) is 31.9 Å². The first kappa shape index (κ1) is 19.3. The largest absolute Gasteiger partial charge is 0.477 e. The van der Waals surface area contributed by atoms with Crippen LogP contribution in [0.25, 0.3) is 0 Å². The van der Waals surface area contributed by atoms with Gasteiger partial charge in [-0.05, 0) is 18.4 Å². The zero-order valence-electron chi connectivity index (χ0n) is 14.7. The molecule has 1 aromatic rings. The van der Waals surface area contributed by atoms with E-state index in [1.165, 1.54) is 26.4 Å². The lowest BCUT2D eigenvalue weighted by molar-refractivity contribution is -0.135. The first-order valence-electron chi connectivity index (χ1n) is 8.11. The standard InChI is InChI=1S/C16H24N4O4S/c1-11(21)19-13(5-9-25-3)16(22)20-8-4-12(10-20)24-15-14(23-2)17-6-7-18-15/h6-7,12-13H,4-5,8-10H2,1-3H3,(H,19,21). The highest BCUT2D eigenvalue weighted by Crippen LogP contribution is 2.24. The number of hydrogen-bond acceptors (Lipinski definition) is 7. The maximum Gasteiger partial charge on any atom is 0.278 e. The SMILES string of the molecule is COc1nccnc1OC1CCN(C(=O)C(CCSC)NC(C)=O)C1. The number of likely N-dealkylation sites (tertiary alicyclic amines) is 1. The van der Waals surface area contributed by atoms with Crippen LogP contribution in [-0.2, 0) is 9.59 Å². The van der Waals surface area contributed by atoms with Crippen molar-refractivity contribution in [3.8, 4) is 11.8 Å². The number of hydrogen-bond donors (Lipinski definition) is 1. The van der Waals surface area contributed by atoms with Crippen LogP contribution in [0.3, 0.4) is 0 Å². The van der Waals surface area contributed by atoms with Crippen LogP contribution in [-0.4, -0.2) is 71.0 Å². The lowest BCUT2D eigenvalue weighted by Gasteiger charge is -2.24. The third kappa shape index (κ3) is 5.48. The molecule has 0 radical (unpaired) electrons. The van der Waals surface area contributed by atoms with Gasteiger partial charge in [0.25, 0.3) is 11.8 Å². The second-order valence-corrected chi connectivity index (χ2v) is 6.70. The highest BCUT2D eigenvalue weighted by Gasteiger charge is 2.32. The number of ether oxygens (including phenoxy) is 2. The lowest BCUT2D eigenvalue weighted by Crippen LogP contribution is -2.48. The van der Waals surface area contributed by atoms with Gasteiger partial charge in [-0.3, -0.25) is 9.59 Å². The van der Waals surface area contributed by atoms with Crippen molar-refractivity contribution in [1.29, 1.82) is 0 Å². The highest BCUT2D eigenvalue weighted by molar-refractivity contribution is 7.98. The summed E-state index contributed by atoms with van der Waals surface area (Å²) in [5.41, 5.74) is 0. The maximum atomic E-state index is 12.7. The zero-order chi connectivity index (χ0) is 18.2. The van der Waals surface area contributed by atoms with Crippen molar-refractivity contribution in [2.24, 2.45) is 0 Å². The maximum absolute atomic E-state index is 12.7. The molecule has 1 aromatic heterocycles. The highest BCUT2D eigenvalue weighted by atomic mass is 32.2. The second-order valence-electron chi connectivity index (χ2n) is 5.72. The fourth-order valence-electron chi connectivity index (χ4n) is 2.67. The molecule has 9 heteroatoms. The summed E-state index contributed by atoms with van der Waals surface area (Å²) >= 11 is 1.65. The molecule has 1 aliphatic heterocycles. The van der Waals surface area contributed by atoms with Crippen LogP contribution in [0.4, 0.5) is 0 Å². The van der Waals surface area contributed by atoms with Crippen LogP contribution in [0.5, 0.6) is 11.8 Å². The number of amides is 2. The molecular weight excluding hydrogens is 344 g/mol. The average Bonchev–Trinajstić information content (AvgIpc) is 3.06. The number of carbonyl (C=O) groups excluding carboxylic acids is 2. The summed E-state index contributed by atoms with van der Waals surface area (Å²) in [7, 11) is 1.51.